The molecule has 0 aromatic heterocycles. The third kappa shape index (κ3) is 8.15. The maximum atomic E-state index is 13.0. The third-order valence-corrected chi connectivity index (χ3v) is 3.28. The van der Waals surface area contributed by atoms with Gasteiger partial charge in [0.1, 0.15) is 5.82 Å². The molecule has 4 heteroatoms. The Balaban J connectivity index is 2.46. The van der Waals surface area contributed by atoms with Crippen molar-refractivity contribution in [2.75, 3.05) is 40.0 Å². The Morgan fingerprint density at radius 1 is 1.14 bits per heavy atom. The van der Waals surface area contributed by atoms with Crippen LogP contribution in [0, 0.1) is 11.7 Å². The Kier molecular flexibility index (Phi) is 9.22. The molecular formula is C17H28FNO2. The highest BCUT2D eigenvalue weighted by Crippen LogP contribution is 2.19. The van der Waals surface area contributed by atoms with E-state index in [1.165, 1.54) is 12.1 Å². The molecule has 0 fully saturated rings. The van der Waals surface area contributed by atoms with E-state index in [4.69, 9.17) is 9.47 Å². The Hall–Kier alpha value is -0.970. The molecule has 0 radical (unpaired) electrons. The van der Waals surface area contributed by atoms with Crippen LogP contribution >= 0.6 is 0 Å². The monoisotopic (exact) mass is 297 g/mol. The van der Waals surface area contributed by atoms with Gasteiger partial charge in [0.2, 0.25) is 0 Å². The van der Waals surface area contributed by atoms with Gasteiger partial charge in [-0.1, -0.05) is 26.0 Å². The zero-order valence-electron chi connectivity index (χ0n) is 13.4. The van der Waals surface area contributed by atoms with E-state index in [0.29, 0.717) is 18.4 Å². The normalized spacial score (nSPS) is 12.8. The molecule has 0 aliphatic rings. The molecule has 0 amide bonds. The summed E-state index contributed by atoms with van der Waals surface area (Å²) in [5.41, 5.74) is 1.15. The van der Waals surface area contributed by atoms with Crippen molar-refractivity contribution in [3.63, 3.8) is 0 Å². The van der Waals surface area contributed by atoms with Gasteiger partial charge >= 0.3 is 0 Å². The molecule has 0 bridgehead atoms. The number of rotatable bonds is 11. The van der Waals surface area contributed by atoms with Gasteiger partial charge < -0.3 is 14.8 Å². The number of halogens is 1. The van der Waals surface area contributed by atoms with Gasteiger partial charge in [0.15, 0.2) is 0 Å². The average Bonchev–Trinajstić information content (AvgIpc) is 2.46. The summed E-state index contributed by atoms with van der Waals surface area (Å²) in [5, 5.41) is 3.37. The quantitative estimate of drug-likeness (QED) is 0.636. The predicted molar refractivity (Wildman–Crippen MR) is 84.2 cm³/mol. The summed E-state index contributed by atoms with van der Waals surface area (Å²) in [7, 11) is 1.69. The first-order valence-corrected chi connectivity index (χ1v) is 7.66. The van der Waals surface area contributed by atoms with Crippen molar-refractivity contribution in [3.05, 3.63) is 35.6 Å². The molecule has 0 heterocycles. The summed E-state index contributed by atoms with van der Waals surface area (Å²) in [4.78, 5) is 0. The zero-order chi connectivity index (χ0) is 15.5. The number of hydrogen-bond acceptors (Lipinski definition) is 3. The Morgan fingerprint density at radius 2 is 1.86 bits per heavy atom. The summed E-state index contributed by atoms with van der Waals surface area (Å²) in [6.07, 6.45) is 0.929. The van der Waals surface area contributed by atoms with Crippen molar-refractivity contribution < 1.29 is 13.9 Å². The number of ether oxygens (including phenoxy) is 2. The third-order valence-electron chi connectivity index (χ3n) is 3.28. The zero-order valence-corrected chi connectivity index (χ0v) is 13.4. The van der Waals surface area contributed by atoms with Gasteiger partial charge in [-0.05, 0) is 36.0 Å². The molecule has 0 aliphatic heterocycles. The van der Waals surface area contributed by atoms with Crippen LogP contribution in [0.5, 0.6) is 0 Å². The number of nitrogens with one attached hydrogen (secondary N) is 1. The molecule has 3 nitrogen and oxygen atoms in total. The molecule has 1 rings (SSSR count). The number of benzene rings is 1. The molecule has 0 spiro atoms. The van der Waals surface area contributed by atoms with Crippen molar-refractivity contribution >= 4 is 0 Å². The lowest BCUT2D eigenvalue weighted by atomic mass is 9.96. The van der Waals surface area contributed by atoms with Gasteiger partial charge in [-0.2, -0.15) is 0 Å². The molecule has 0 saturated carbocycles. The first-order chi connectivity index (χ1) is 10.1. The van der Waals surface area contributed by atoms with Crippen LogP contribution < -0.4 is 5.32 Å². The average molecular weight is 297 g/mol. The van der Waals surface area contributed by atoms with Gasteiger partial charge in [-0.25, -0.2) is 4.39 Å². The Labute approximate surface area is 127 Å². The highest BCUT2D eigenvalue weighted by Gasteiger charge is 2.11. The largest absolute Gasteiger partial charge is 0.383 e. The van der Waals surface area contributed by atoms with Crippen molar-refractivity contribution in [1.82, 2.24) is 5.32 Å². The minimum Gasteiger partial charge on any atom is -0.383 e. The standard InChI is InChI=1S/C17H28FNO2/c1-14(2)13-21-10-8-16(12-19-9-11-20-3)15-4-6-17(18)7-5-15/h4-7,14,16,19H,8-13H2,1-3H3. The van der Waals surface area contributed by atoms with E-state index in [0.717, 1.165) is 38.3 Å². The smallest absolute Gasteiger partial charge is 0.123 e. The second-order valence-corrected chi connectivity index (χ2v) is 5.70. The molecule has 1 aromatic carbocycles. The molecule has 0 aliphatic carbocycles. The second-order valence-electron chi connectivity index (χ2n) is 5.70. The topological polar surface area (TPSA) is 30.5 Å². The van der Waals surface area contributed by atoms with Crippen LogP contribution in [-0.2, 0) is 9.47 Å². The van der Waals surface area contributed by atoms with Crippen molar-refractivity contribution in [2.24, 2.45) is 5.92 Å². The first kappa shape index (κ1) is 18.1. The van der Waals surface area contributed by atoms with E-state index in [9.17, 15) is 4.39 Å². The maximum absolute atomic E-state index is 13.0. The highest BCUT2D eigenvalue weighted by molar-refractivity contribution is 5.20. The molecular weight excluding hydrogens is 269 g/mol. The summed E-state index contributed by atoms with van der Waals surface area (Å²) >= 11 is 0. The van der Waals surface area contributed by atoms with Gasteiger partial charge in [0.05, 0.1) is 6.61 Å². The van der Waals surface area contributed by atoms with Gasteiger partial charge in [0, 0.05) is 33.4 Å². The van der Waals surface area contributed by atoms with E-state index in [1.54, 1.807) is 7.11 Å². The molecule has 1 unspecified atom stereocenters. The minimum absolute atomic E-state index is 0.194. The molecule has 0 saturated heterocycles. The fourth-order valence-corrected chi connectivity index (χ4v) is 2.12. The molecule has 21 heavy (non-hydrogen) atoms. The molecule has 1 aromatic rings. The van der Waals surface area contributed by atoms with E-state index >= 15 is 0 Å². The predicted octanol–water partition coefficient (Wildman–Crippen LogP) is 3.21. The summed E-state index contributed by atoms with van der Waals surface area (Å²) in [5.74, 6) is 0.685. The SMILES string of the molecule is COCCNCC(CCOCC(C)C)c1ccc(F)cc1. The summed E-state index contributed by atoms with van der Waals surface area (Å²) in [6, 6.07) is 6.76. The van der Waals surface area contributed by atoms with E-state index < -0.39 is 0 Å². The van der Waals surface area contributed by atoms with Crippen molar-refractivity contribution in [1.29, 1.82) is 0 Å². The highest BCUT2D eigenvalue weighted by atomic mass is 19.1. The molecule has 1 N–H and O–H groups in total. The van der Waals surface area contributed by atoms with Crippen molar-refractivity contribution in [2.45, 2.75) is 26.2 Å². The van der Waals surface area contributed by atoms with Crippen molar-refractivity contribution in [3.8, 4) is 0 Å². The second kappa shape index (κ2) is 10.7. The van der Waals surface area contributed by atoms with Crippen LogP contribution in [0.2, 0.25) is 0 Å². The fourth-order valence-electron chi connectivity index (χ4n) is 2.12. The van der Waals surface area contributed by atoms with Crippen LogP contribution in [0.3, 0.4) is 0 Å². The van der Waals surface area contributed by atoms with Gasteiger partial charge in [-0.15, -0.1) is 0 Å². The Morgan fingerprint density at radius 3 is 2.48 bits per heavy atom. The van der Waals surface area contributed by atoms with Crippen LogP contribution in [0.25, 0.3) is 0 Å². The number of hydrogen-bond donors (Lipinski definition) is 1. The first-order valence-electron chi connectivity index (χ1n) is 7.66. The lowest BCUT2D eigenvalue weighted by molar-refractivity contribution is 0.103. The van der Waals surface area contributed by atoms with E-state index in [2.05, 4.69) is 19.2 Å². The summed E-state index contributed by atoms with van der Waals surface area (Å²) in [6.45, 7) is 8.16. The van der Waals surface area contributed by atoms with Gasteiger partial charge in [-0.3, -0.25) is 0 Å². The van der Waals surface area contributed by atoms with Crippen LogP contribution in [-0.4, -0.2) is 40.0 Å². The minimum atomic E-state index is -0.194. The van der Waals surface area contributed by atoms with E-state index in [1.807, 2.05) is 12.1 Å². The maximum Gasteiger partial charge on any atom is 0.123 e. The summed E-state index contributed by atoms with van der Waals surface area (Å²) < 4.78 is 23.7. The molecule has 120 valence electrons. The van der Waals surface area contributed by atoms with Crippen LogP contribution in [0.1, 0.15) is 31.7 Å². The van der Waals surface area contributed by atoms with E-state index in [-0.39, 0.29) is 5.82 Å². The molecule has 1 atom stereocenters. The van der Waals surface area contributed by atoms with Gasteiger partial charge in [0.25, 0.3) is 0 Å². The van der Waals surface area contributed by atoms with Crippen LogP contribution in [0.4, 0.5) is 4.39 Å². The Bertz CT molecular complexity index is 368. The fraction of sp³-hybridized carbons (Fsp3) is 0.647. The lowest BCUT2D eigenvalue weighted by Crippen LogP contribution is -2.26. The lowest BCUT2D eigenvalue weighted by Gasteiger charge is -2.19. The number of methoxy groups -OCH3 is 1. The van der Waals surface area contributed by atoms with Crippen LogP contribution in [0.15, 0.2) is 24.3 Å².